The largest absolute Gasteiger partial charge is 0.278 e. The van der Waals surface area contributed by atoms with Gasteiger partial charge in [-0.05, 0) is 24.3 Å². The van der Waals surface area contributed by atoms with Crippen molar-refractivity contribution in [3.63, 3.8) is 0 Å². The van der Waals surface area contributed by atoms with Gasteiger partial charge in [0.2, 0.25) is 0 Å². The number of halogens is 1. The number of aromatic nitrogens is 4. The molecule has 92 valence electrons. The molecule has 4 nitrogen and oxygen atoms in total. The summed E-state index contributed by atoms with van der Waals surface area (Å²) in [6, 6.07) is 7.76. The van der Waals surface area contributed by atoms with E-state index >= 15 is 0 Å². The molecule has 0 unspecified atom stereocenters. The van der Waals surface area contributed by atoms with Crippen LogP contribution in [0, 0.1) is 0 Å². The average molecular weight is 287 g/mol. The number of hydrogen-bond acceptors (Lipinski definition) is 4. The van der Waals surface area contributed by atoms with Crippen LogP contribution in [0.3, 0.4) is 0 Å². The summed E-state index contributed by atoms with van der Waals surface area (Å²) in [5, 5.41) is 7.99. The van der Waals surface area contributed by atoms with Crippen LogP contribution in [0.2, 0.25) is 4.34 Å². The lowest BCUT2D eigenvalue weighted by atomic mass is 10.2. The van der Waals surface area contributed by atoms with E-state index in [0.717, 1.165) is 36.8 Å². The molecule has 19 heavy (non-hydrogen) atoms. The molecule has 0 amide bonds. The first-order valence-electron chi connectivity index (χ1n) is 5.65. The van der Waals surface area contributed by atoms with Gasteiger partial charge in [-0.2, -0.15) is 5.10 Å². The summed E-state index contributed by atoms with van der Waals surface area (Å²) in [5.74, 6) is 0. The molecule has 6 heteroatoms. The monoisotopic (exact) mass is 286 g/mol. The molecule has 1 aromatic carbocycles. The zero-order valence-corrected chi connectivity index (χ0v) is 11.2. The molecule has 4 rings (SSSR count). The minimum absolute atomic E-state index is 0.751. The van der Waals surface area contributed by atoms with Gasteiger partial charge in [-0.1, -0.05) is 11.6 Å². The van der Waals surface area contributed by atoms with E-state index in [1.54, 1.807) is 12.4 Å². The fourth-order valence-electron chi connectivity index (χ4n) is 2.02. The maximum absolute atomic E-state index is 5.95. The number of thiophene rings is 1. The van der Waals surface area contributed by atoms with Gasteiger partial charge in [-0.25, -0.2) is 4.98 Å². The highest BCUT2D eigenvalue weighted by atomic mass is 35.5. The van der Waals surface area contributed by atoms with Gasteiger partial charge in [0.1, 0.15) is 0 Å². The molecule has 1 N–H and O–H groups in total. The predicted molar refractivity (Wildman–Crippen MR) is 77.5 cm³/mol. The third-order valence-corrected chi connectivity index (χ3v) is 4.18. The minimum atomic E-state index is 0.751. The van der Waals surface area contributed by atoms with Crippen LogP contribution in [0.15, 0.2) is 36.7 Å². The normalized spacial score (nSPS) is 11.4. The van der Waals surface area contributed by atoms with Crippen molar-refractivity contribution in [3.05, 3.63) is 41.0 Å². The Morgan fingerprint density at radius 1 is 1.11 bits per heavy atom. The molecule has 3 heterocycles. The van der Waals surface area contributed by atoms with Crippen molar-refractivity contribution in [1.82, 2.24) is 20.2 Å². The molecule has 4 aromatic rings. The number of rotatable bonds is 1. The molecule has 0 spiro atoms. The number of nitrogens with zero attached hydrogens (tertiary/aromatic N) is 3. The van der Waals surface area contributed by atoms with Gasteiger partial charge in [0.05, 0.1) is 43.9 Å². The maximum Gasteiger partial charge on any atom is 0.0993 e. The Bertz CT molecular complexity index is 896. The van der Waals surface area contributed by atoms with E-state index in [1.165, 1.54) is 11.3 Å². The number of benzene rings is 1. The summed E-state index contributed by atoms with van der Waals surface area (Å²) in [6.45, 7) is 0. The highest BCUT2D eigenvalue weighted by Crippen LogP contribution is 2.30. The molecule has 0 fully saturated rings. The van der Waals surface area contributed by atoms with Crippen molar-refractivity contribution in [2.24, 2.45) is 0 Å². The first-order valence-corrected chi connectivity index (χ1v) is 6.85. The van der Waals surface area contributed by atoms with Gasteiger partial charge < -0.3 is 0 Å². The molecule has 0 aliphatic heterocycles. The zero-order chi connectivity index (χ0) is 12.8. The van der Waals surface area contributed by atoms with Crippen LogP contribution in [0.4, 0.5) is 0 Å². The Balaban J connectivity index is 1.96. The van der Waals surface area contributed by atoms with Crippen LogP contribution in [0.1, 0.15) is 0 Å². The Morgan fingerprint density at radius 3 is 2.89 bits per heavy atom. The minimum Gasteiger partial charge on any atom is -0.278 e. The van der Waals surface area contributed by atoms with E-state index in [1.807, 2.05) is 24.3 Å². The van der Waals surface area contributed by atoms with E-state index < -0.39 is 0 Å². The summed E-state index contributed by atoms with van der Waals surface area (Å²) in [7, 11) is 0. The topological polar surface area (TPSA) is 54.5 Å². The zero-order valence-electron chi connectivity index (χ0n) is 9.59. The van der Waals surface area contributed by atoms with E-state index in [9.17, 15) is 0 Å². The fraction of sp³-hybridized carbons (Fsp3) is 0. The van der Waals surface area contributed by atoms with Crippen molar-refractivity contribution >= 4 is 44.9 Å². The lowest BCUT2D eigenvalue weighted by Crippen LogP contribution is -1.87. The molecule has 0 radical (unpaired) electrons. The number of fused-ring (bicyclic) bond motifs is 2. The molecule has 0 aliphatic rings. The quantitative estimate of drug-likeness (QED) is 0.577. The molecule has 0 atom stereocenters. The van der Waals surface area contributed by atoms with Crippen LogP contribution < -0.4 is 0 Å². The first kappa shape index (κ1) is 10.9. The van der Waals surface area contributed by atoms with Gasteiger partial charge in [0, 0.05) is 5.39 Å². The average Bonchev–Trinajstić information content (AvgIpc) is 3.03. The molecule has 0 saturated carbocycles. The Labute approximate surface area is 117 Å². The predicted octanol–water partition coefficient (Wildman–Crippen LogP) is 3.89. The van der Waals surface area contributed by atoms with Crippen molar-refractivity contribution in [1.29, 1.82) is 0 Å². The van der Waals surface area contributed by atoms with Gasteiger partial charge in [0.25, 0.3) is 0 Å². The second-order valence-corrected chi connectivity index (χ2v) is 5.87. The maximum atomic E-state index is 5.95. The van der Waals surface area contributed by atoms with Crippen LogP contribution in [0.25, 0.3) is 32.5 Å². The fourth-order valence-corrected chi connectivity index (χ4v) is 3.02. The summed E-state index contributed by atoms with van der Waals surface area (Å²) in [6.07, 6.45) is 3.56. The van der Waals surface area contributed by atoms with Crippen molar-refractivity contribution in [2.75, 3.05) is 0 Å². The van der Waals surface area contributed by atoms with Gasteiger partial charge >= 0.3 is 0 Å². The molecular weight excluding hydrogens is 280 g/mol. The van der Waals surface area contributed by atoms with Crippen molar-refractivity contribution in [2.45, 2.75) is 0 Å². The third-order valence-electron chi connectivity index (χ3n) is 2.93. The molecule has 3 aromatic heterocycles. The number of aromatic amines is 1. The number of H-pyrrole nitrogens is 1. The van der Waals surface area contributed by atoms with Crippen molar-refractivity contribution in [3.8, 4) is 10.6 Å². The highest BCUT2D eigenvalue weighted by molar-refractivity contribution is 7.19. The van der Waals surface area contributed by atoms with Crippen LogP contribution in [-0.4, -0.2) is 20.2 Å². The van der Waals surface area contributed by atoms with Gasteiger partial charge in [-0.3, -0.25) is 10.1 Å². The Hall–Kier alpha value is -1.98. The van der Waals surface area contributed by atoms with Crippen molar-refractivity contribution < 1.29 is 0 Å². The van der Waals surface area contributed by atoms with Gasteiger partial charge in [-0.15, -0.1) is 11.3 Å². The van der Waals surface area contributed by atoms with E-state index in [2.05, 4.69) is 20.2 Å². The lowest BCUT2D eigenvalue weighted by molar-refractivity contribution is 1.12. The third kappa shape index (κ3) is 1.78. The standard InChI is InChI=1S/C13H7ClN4S/c14-13-2-1-12(19-13)11-6-15-9-3-7-5-16-18-8(7)4-10(9)17-11/h1-6H,(H,16,18). The van der Waals surface area contributed by atoms with E-state index in [4.69, 9.17) is 11.6 Å². The summed E-state index contributed by atoms with van der Waals surface area (Å²) >= 11 is 7.45. The van der Waals surface area contributed by atoms with Crippen LogP contribution >= 0.6 is 22.9 Å². The Kier molecular flexibility index (Phi) is 2.30. The molecule has 0 bridgehead atoms. The van der Waals surface area contributed by atoms with Crippen LogP contribution in [0.5, 0.6) is 0 Å². The summed E-state index contributed by atoms with van der Waals surface area (Å²) in [5.41, 5.74) is 3.51. The molecule has 0 saturated heterocycles. The van der Waals surface area contributed by atoms with E-state index in [-0.39, 0.29) is 0 Å². The SMILES string of the molecule is Clc1ccc(-c2cnc3cc4cn[nH]c4cc3n2)s1. The Morgan fingerprint density at radius 2 is 2.05 bits per heavy atom. The molecular formula is C13H7ClN4S. The smallest absolute Gasteiger partial charge is 0.0993 e. The second kappa shape index (κ2) is 4.01. The van der Waals surface area contributed by atoms with Gasteiger partial charge in [0.15, 0.2) is 0 Å². The first-order chi connectivity index (χ1) is 9.29. The second-order valence-electron chi connectivity index (χ2n) is 4.16. The highest BCUT2D eigenvalue weighted by Gasteiger charge is 2.07. The summed E-state index contributed by atoms with van der Waals surface area (Å²) < 4.78 is 0.751. The van der Waals surface area contributed by atoms with Crippen LogP contribution in [-0.2, 0) is 0 Å². The summed E-state index contributed by atoms with van der Waals surface area (Å²) in [4.78, 5) is 10.1. The lowest BCUT2D eigenvalue weighted by Gasteiger charge is -2.00. The number of hydrogen-bond donors (Lipinski definition) is 1. The van der Waals surface area contributed by atoms with E-state index in [0.29, 0.717) is 0 Å². The number of nitrogens with one attached hydrogen (secondary N) is 1. The molecule has 0 aliphatic carbocycles.